The largest absolute Gasteiger partial charge is 0.489 e. The zero-order valence-electron chi connectivity index (χ0n) is 18.5. The highest BCUT2D eigenvalue weighted by atomic mass is 16.5. The number of amides is 3. The van der Waals surface area contributed by atoms with Crippen molar-refractivity contribution in [3.05, 3.63) is 77.0 Å². The van der Waals surface area contributed by atoms with Crippen LogP contribution >= 0.6 is 0 Å². The lowest BCUT2D eigenvalue weighted by Gasteiger charge is -2.31. The van der Waals surface area contributed by atoms with Crippen LogP contribution in [0, 0.1) is 5.92 Å². The number of nitrogens with zero attached hydrogens (tertiary/aromatic N) is 2. The second-order valence-electron chi connectivity index (χ2n) is 8.57. The van der Waals surface area contributed by atoms with E-state index in [9.17, 15) is 9.59 Å². The number of benzene rings is 2. The van der Waals surface area contributed by atoms with Gasteiger partial charge in [0.15, 0.2) is 0 Å². The Balaban J connectivity index is 1.61. The summed E-state index contributed by atoms with van der Waals surface area (Å²) in [6, 6.07) is 17.0. The van der Waals surface area contributed by atoms with Crippen LogP contribution in [0.4, 0.5) is 4.79 Å². The average Bonchev–Trinajstić information content (AvgIpc) is 3.12. The van der Waals surface area contributed by atoms with Crippen molar-refractivity contribution >= 4 is 11.9 Å². The van der Waals surface area contributed by atoms with E-state index in [1.165, 1.54) is 0 Å². The molecule has 162 valence electrons. The van der Waals surface area contributed by atoms with Gasteiger partial charge < -0.3 is 15.0 Å². The van der Waals surface area contributed by atoms with Gasteiger partial charge in [0.1, 0.15) is 12.4 Å². The first-order valence-corrected chi connectivity index (χ1v) is 10.7. The van der Waals surface area contributed by atoms with Crippen LogP contribution in [-0.4, -0.2) is 41.4 Å². The summed E-state index contributed by atoms with van der Waals surface area (Å²) in [4.78, 5) is 29.5. The molecule has 3 amide bonds. The molecule has 0 unspecified atom stereocenters. The third-order valence-corrected chi connectivity index (χ3v) is 6.28. The zero-order chi connectivity index (χ0) is 22.1. The fourth-order valence-electron chi connectivity index (χ4n) is 4.05. The number of carbonyl (C=O) groups is 2. The van der Waals surface area contributed by atoms with Crippen LogP contribution in [0.1, 0.15) is 37.9 Å². The molecule has 0 fully saturated rings. The standard InChI is InChI=1S/C25H29N3O3/c1-16(2)17(3)28-14-21-22(24(28)29)23(26-25(30)27(21)4)19-11-8-12-20(13-19)31-15-18-9-6-5-7-10-18/h5-13,16-17,23H,14-15H2,1-4H3,(H,26,30)/t17-,23+/m1/s1. The lowest BCUT2D eigenvalue weighted by atomic mass is 9.95. The number of urea groups is 1. The Morgan fingerprint density at radius 2 is 1.81 bits per heavy atom. The molecule has 0 saturated carbocycles. The minimum Gasteiger partial charge on any atom is -0.489 e. The molecular weight excluding hydrogens is 390 g/mol. The van der Waals surface area contributed by atoms with E-state index in [0.717, 1.165) is 16.8 Å². The number of nitrogens with one attached hydrogen (secondary N) is 1. The predicted molar refractivity (Wildman–Crippen MR) is 119 cm³/mol. The first-order chi connectivity index (χ1) is 14.9. The third-order valence-electron chi connectivity index (χ3n) is 6.28. The number of likely N-dealkylation sites (N-methyl/N-ethyl adjacent to an activating group) is 1. The van der Waals surface area contributed by atoms with Crippen LogP contribution in [0.15, 0.2) is 65.9 Å². The van der Waals surface area contributed by atoms with Gasteiger partial charge in [0, 0.05) is 13.1 Å². The number of carbonyl (C=O) groups excluding carboxylic acids is 2. The molecule has 0 saturated heterocycles. The van der Waals surface area contributed by atoms with Gasteiger partial charge in [-0.2, -0.15) is 0 Å². The first kappa shape index (κ1) is 21.0. The fraction of sp³-hybridized carbons (Fsp3) is 0.360. The van der Waals surface area contributed by atoms with Crippen LogP contribution in [-0.2, 0) is 11.4 Å². The van der Waals surface area contributed by atoms with Crippen molar-refractivity contribution in [2.24, 2.45) is 5.92 Å². The molecule has 2 aromatic carbocycles. The Kier molecular flexibility index (Phi) is 5.72. The maximum absolute atomic E-state index is 13.4. The highest BCUT2D eigenvalue weighted by Gasteiger charge is 2.44. The molecule has 2 heterocycles. The van der Waals surface area contributed by atoms with E-state index < -0.39 is 6.04 Å². The van der Waals surface area contributed by atoms with E-state index in [-0.39, 0.29) is 18.0 Å². The Morgan fingerprint density at radius 1 is 1.06 bits per heavy atom. The van der Waals surface area contributed by atoms with Gasteiger partial charge >= 0.3 is 6.03 Å². The smallest absolute Gasteiger partial charge is 0.322 e. The van der Waals surface area contributed by atoms with Gasteiger partial charge in [-0.15, -0.1) is 0 Å². The van der Waals surface area contributed by atoms with Gasteiger partial charge in [-0.1, -0.05) is 56.3 Å². The van der Waals surface area contributed by atoms with Gasteiger partial charge in [0.05, 0.1) is 23.9 Å². The minimum atomic E-state index is -0.490. The molecule has 1 N–H and O–H groups in total. The van der Waals surface area contributed by atoms with Crippen molar-refractivity contribution < 1.29 is 14.3 Å². The fourth-order valence-corrected chi connectivity index (χ4v) is 4.05. The van der Waals surface area contributed by atoms with Crippen LogP contribution < -0.4 is 10.1 Å². The second-order valence-corrected chi connectivity index (χ2v) is 8.57. The molecule has 2 atom stereocenters. The number of hydrogen-bond donors (Lipinski definition) is 1. The topological polar surface area (TPSA) is 61.9 Å². The molecule has 0 spiro atoms. The Hall–Kier alpha value is -3.28. The summed E-state index contributed by atoms with van der Waals surface area (Å²) in [5.41, 5.74) is 3.35. The summed E-state index contributed by atoms with van der Waals surface area (Å²) in [5, 5.41) is 3.00. The maximum Gasteiger partial charge on any atom is 0.322 e. The predicted octanol–water partition coefficient (Wildman–Crippen LogP) is 4.10. The summed E-state index contributed by atoms with van der Waals surface area (Å²) in [7, 11) is 1.72. The van der Waals surface area contributed by atoms with Crippen molar-refractivity contribution in [2.75, 3.05) is 13.6 Å². The molecule has 6 heteroatoms. The molecule has 31 heavy (non-hydrogen) atoms. The van der Waals surface area contributed by atoms with Gasteiger partial charge in [-0.05, 0) is 36.1 Å². The summed E-state index contributed by atoms with van der Waals surface area (Å²) in [6.07, 6.45) is 0. The van der Waals surface area contributed by atoms with Gasteiger partial charge in [-0.25, -0.2) is 4.79 Å². The van der Waals surface area contributed by atoms with Crippen LogP contribution in [0.2, 0.25) is 0 Å². The molecule has 2 aromatic rings. The first-order valence-electron chi connectivity index (χ1n) is 10.7. The van der Waals surface area contributed by atoms with E-state index in [1.54, 1.807) is 11.9 Å². The SMILES string of the molecule is CC(C)[C@@H](C)N1CC2=C(C1=O)[C@H](c1cccc(OCc3ccccc3)c1)NC(=O)N2C. The van der Waals surface area contributed by atoms with Crippen LogP contribution in [0.3, 0.4) is 0 Å². The highest BCUT2D eigenvalue weighted by molar-refractivity contribution is 6.01. The molecular formula is C25H29N3O3. The monoisotopic (exact) mass is 419 g/mol. The second kappa shape index (κ2) is 8.46. The molecule has 0 bridgehead atoms. The lowest BCUT2D eigenvalue weighted by molar-refractivity contribution is -0.128. The average molecular weight is 420 g/mol. The van der Waals surface area contributed by atoms with Gasteiger partial charge in [0.2, 0.25) is 0 Å². The molecule has 0 radical (unpaired) electrons. The molecule has 2 aliphatic rings. The zero-order valence-corrected chi connectivity index (χ0v) is 18.5. The van der Waals surface area contributed by atoms with Gasteiger partial charge in [-0.3, -0.25) is 9.69 Å². The minimum absolute atomic E-state index is 0.0105. The van der Waals surface area contributed by atoms with E-state index in [1.807, 2.05) is 59.5 Å². The van der Waals surface area contributed by atoms with E-state index in [2.05, 4.69) is 26.1 Å². The third kappa shape index (κ3) is 4.02. The van der Waals surface area contributed by atoms with Crippen LogP contribution in [0.5, 0.6) is 5.75 Å². The quantitative estimate of drug-likeness (QED) is 0.767. The normalized spacial score (nSPS) is 19.6. The number of ether oxygens (including phenoxy) is 1. The summed E-state index contributed by atoms with van der Waals surface area (Å²) in [5.74, 6) is 1.02. The Labute approximate surface area is 183 Å². The van der Waals surface area contributed by atoms with Crippen molar-refractivity contribution in [3.63, 3.8) is 0 Å². The number of hydrogen-bond acceptors (Lipinski definition) is 3. The summed E-state index contributed by atoms with van der Waals surface area (Å²) < 4.78 is 5.97. The van der Waals surface area contributed by atoms with Gasteiger partial charge in [0.25, 0.3) is 5.91 Å². The van der Waals surface area contributed by atoms with Crippen LogP contribution in [0.25, 0.3) is 0 Å². The molecule has 0 aliphatic carbocycles. The molecule has 4 rings (SSSR count). The van der Waals surface area contributed by atoms with Crippen molar-refractivity contribution in [1.29, 1.82) is 0 Å². The number of rotatable bonds is 6. The summed E-state index contributed by atoms with van der Waals surface area (Å²) >= 11 is 0. The Bertz CT molecular complexity index is 1020. The Morgan fingerprint density at radius 3 is 2.52 bits per heavy atom. The lowest BCUT2D eigenvalue weighted by Crippen LogP contribution is -2.45. The van der Waals surface area contributed by atoms with Crippen molar-refractivity contribution in [3.8, 4) is 5.75 Å². The maximum atomic E-state index is 13.4. The highest BCUT2D eigenvalue weighted by Crippen LogP contribution is 2.37. The molecule has 0 aromatic heterocycles. The van der Waals surface area contributed by atoms with Crippen molar-refractivity contribution in [2.45, 2.75) is 39.5 Å². The van der Waals surface area contributed by atoms with E-state index in [4.69, 9.17) is 4.74 Å². The summed E-state index contributed by atoms with van der Waals surface area (Å²) in [6.45, 7) is 7.18. The molecule has 6 nitrogen and oxygen atoms in total. The molecule has 2 aliphatic heterocycles. The van der Waals surface area contributed by atoms with E-state index in [0.29, 0.717) is 30.4 Å². The van der Waals surface area contributed by atoms with E-state index >= 15 is 0 Å². The van der Waals surface area contributed by atoms with Crippen molar-refractivity contribution in [1.82, 2.24) is 15.1 Å².